The van der Waals surface area contributed by atoms with E-state index in [2.05, 4.69) is 0 Å². The number of imidazole rings is 2. The first-order valence-electron chi connectivity index (χ1n) is 10.2. The number of rotatable bonds is 0. The maximum atomic E-state index is 13.8. The molecular formula is C23H13N5O2S2. The number of hydrogen-bond acceptors (Lipinski definition) is 6. The largest absolute Gasteiger partial charge is 0.336 e. The Morgan fingerprint density at radius 3 is 2.00 bits per heavy atom. The number of hydrogen-bond donors (Lipinski definition) is 0. The summed E-state index contributed by atoms with van der Waals surface area (Å²) in [4.78, 5) is 41.0. The van der Waals surface area contributed by atoms with Crippen molar-refractivity contribution in [2.24, 2.45) is 7.05 Å². The summed E-state index contributed by atoms with van der Waals surface area (Å²) in [6, 6.07) is 7.82. The number of nitrogens with zero attached hydrogens (tertiary/aromatic N) is 5. The minimum absolute atomic E-state index is 0.102. The predicted molar refractivity (Wildman–Crippen MR) is 131 cm³/mol. The van der Waals surface area contributed by atoms with Gasteiger partial charge in [0.15, 0.2) is 5.65 Å². The SMILES string of the molecule is Cc1cc2c(nc3c4ccc5c(=O)n6c7cc(C)sc7nc6c6c5c4c(c(=O)n23)n6C)s1. The quantitative estimate of drug-likeness (QED) is 0.317. The van der Waals surface area contributed by atoms with Gasteiger partial charge >= 0.3 is 0 Å². The van der Waals surface area contributed by atoms with Crippen LogP contribution in [0.25, 0.3) is 64.6 Å². The number of aromatic nitrogens is 5. The van der Waals surface area contributed by atoms with E-state index in [9.17, 15) is 9.59 Å². The summed E-state index contributed by atoms with van der Waals surface area (Å²) in [6.45, 7) is 4.04. The van der Waals surface area contributed by atoms with Gasteiger partial charge in [0.1, 0.15) is 20.8 Å². The first kappa shape index (κ1) is 17.0. The van der Waals surface area contributed by atoms with Gasteiger partial charge in [0.25, 0.3) is 11.1 Å². The zero-order valence-electron chi connectivity index (χ0n) is 17.2. The fourth-order valence-electron chi connectivity index (χ4n) is 5.37. The summed E-state index contributed by atoms with van der Waals surface area (Å²) < 4.78 is 5.32. The van der Waals surface area contributed by atoms with Crippen molar-refractivity contribution in [2.45, 2.75) is 13.8 Å². The van der Waals surface area contributed by atoms with Crippen LogP contribution in [0, 0.1) is 13.8 Å². The highest BCUT2D eigenvalue weighted by Crippen LogP contribution is 2.39. The van der Waals surface area contributed by atoms with Gasteiger partial charge in [0.2, 0.25) is 0 Å². The molecule has 0 amide bonds. The lowest BCUT2D eigenvalue weighted by molar-refractivity contribution is 0.991. The molecule has 0 atom stereocenters. The molecule has 8 rings (SSSR count). The molecule has 0 saturated heterocycles. The summed E-state index contributed by atoms with van der Waals surface area (Å²) >= 11 is 3.15. The molecule has 154 valence electrons. The zero-order chi connectivity index (χ0) is 21.6. The molecule has 7 nitrogen and oxygen atoms in total. The van der Waals surface area contributed by atoms with Crippen LogP contribution in [0.5, 0.6) is 0 Å². The van der Waals surface area contributed by atoms with Crippen LogP contribution in [0.4, 0.5) is 0 Å². The predicted octanol–water partition coefficient (Wildman–Crippen LogP) is 4.42. The van der Waals surface area contributed by atoms with Crippen LogP contribution in [0.1, 0.15) is 9.75 Å². The highest BCUT2D eigenvalue weighted by atomic mass is 32.1. The number of pyridine rings is 2. The van der Waals surface area contributed by atoms with Gasteiger partial charge in [-0.15, -0.1) is 22.7 Å². The number of thiophene rings is 2. The van der Waals surface area contributed by atoms with Crippen molar-refractivity contribution in [1.29, 1.82) is 0 Å². The standard InChI is InChI=1S/C23H13N5O2S2/c1-8-6-12-20(31-8)24-18-10-4-5-11-15-14(10)17(23(30)27(12)18)26(3)16(15)19-25-21-13(7-9(2)32-21)28(19)22(11)29/h4-7H,1-3H3. The molecule has 0 N–H and O–H groups in total. The van der Waals surface area contributed by atoms with E-state index in [4.69, 9.17) is 9.97 Å². The van der Waals surface area contributed by atoms with Gasteiger partial charge in [0, 0.05) is 33.0 Å². The lowest BCUT2D eigenvalue weighted by atomic mass is 10.0. The Balaban J connectivity index is 1.76. The molecule has 9 heteroatoms. The molecule has 0 bridgehead atoms. The number of aryl methyl sites for hydroxylation is 3. The highest BCUT2D eigenvalue weighted by Gasteiger charge is 2.27. The fourth-order valence-corrected chi connectivity index (χ4v) is 7.10. The lowest BCUT2D eigenvalue weighted by Gasteiger charge is -2.04. The molecule has 0 fully saturated rings. The zero-order valence-corrected chi connectivity index (χ0v) is 18.8. The van der Waals surface area contributed by atoms with Gasteiger partial charge in [-0.25, -0.2) is 9.97 Å². The maximum absolute atomic E-state index is 13.8. The van der Waals surface area contributed by atoms with Crippen LogP contribution in [0.2, 0.25) is 0 Å². The molecule has 0 radical (unpaired) electrons. The Labute approximate surface area is 186 Å². The molecule has 0 spiro atoms. The summed E-state index contributed by atoms with van der Waals surface area (Å²) in [5.74, 6) is 0. The average Bonchev–Trinajstić information content (AvgIpc) is 3.50. The Kier molecular flexibility index (Phi) is 2.71. The second-order valence-electron chi connectivity index (χ2n) is 8.41. The van der Waals surface area contributed by atoms with Crippen LogP contribution in [-0.2, 0) is 7.05 Å². The highest BCUT2D eigenvalue weighted by molar-refractivity contribution is 7.18. The average molecular weight is 456 g/mol. The van der Waals surface area contributed by atoms with Crippen LogP contribution in [0.3, 0.4) is 0 Å². The van der Waals surface area contributed by atoms with E-state index in [0.717, 1.165) is 52.1 Å². The number of fused-ring (bicyclic) bond motifs is 8. The summed E-state index contributed by atoms with van der Waals surface area (Å²) in [7, 11) is 1.89. The molecule has 8 aromatic rings. The van der Waals surface area contributed by atoms with Gasteiger partial charge < -0.3 is 4.57 Å². The molecule has 1 aromatic carbocycles. The van der Waals surface area contributed by atoms with E-state index in [0.29, 0.717) is 22.2 Å². The normalized spacial score (nSPS) is 13.1. The van der Waals surface area contributed by atoms with Crippen LogP contribution in [-0.4, -0.2) is 23.3 Å². The third-order valence-electron chi connectivity index (χ3n) is 6.60. The summed E-state index contributed by atoms with van der Waals surface area (Å²) in [6.07, 6.45) is 0. The molecule has 7 heterocycles. The summed E-state index contributed by atoms with van der Waals surface area (Å²) in [5.41, 5.74) is 4.07. The minimum Gasteiger partial charge on any atom is -0.336 e. The van der Waals surface area contributed by atoms with Crippen molar-refractivity contribution in [3.63, 3.8) is 0 Å². The number of benzene rings is 1. The van der Waals surface area contributed by atoms with Crippen LogP contribution in [0.15, 0.2) is 33.9 Å². The van der Waals surface area contributed by atoms with E-state index in [1.807, 2.05) is 49.7 Å². The third kappa shape index (κ3) is 1.66. The van der Waals surface area contributed by atoms with Gasteiger partial charge in [-0.05, 0) is 38.1 Å². The molecule has 0 aliphatic carbocycles. The monoisotopic (exact) mass is 455 g/mol. The van der Waals surface area contributed by atoms with Crippen LogP contribution >= 0.6 is 22.7 Å². The van der Waals surface area contributed by atoms with Crippen molar-refractivity contribution in [3.8, 4) is 0 Å². The molecule has 0 aliphatic rings. The van der Waals surface area contributed by atoms with Crippen molar-refractivity contribution in [1.82, 2.24) is 23.3 Å². The molecule has 0 aliphatic heterocycles. The van der Waals surface area contributed by atoms with Gasteiger partial charge in [-0.1, -0.05) is 0 Å². The Hall–Kier alpha value is -3.56. The summed E-state index contributed by atoms with van der Waals surface area (Å²) in [5, 5.41) is 3.08. The van der Waals surface area contributed by atoms with E-state index < -0.39 is 0 Å². The van der Waals surface area contributed by atoms with Crippen molar-refractivity contribution >= 4 is 87.2 Å². The van der Waals surface area contributed by atoms with E-state index >= 15 is 0 Å². The Bertz CT molecular complexity index is 2220. The second-order valence-corrected chi connectivity index (χ2v) is 10.9. The molecule has 0 unspecified atom stereocenters. The molecular weight excluding hydrogens is 442 g/mol. The molecule has 7 aromatic heterocycles. The fraction of sp³-hybridized carbons (Fsp3) is 0.130. The first-order chi connectivity index (χ1) is 15.4. The minimum atomic E-state index is -0.117. The third-order valence-corrected chi connectivity index (χ3v) is 8.46. The smallest absolute Gasteiger partial charge is 0.281 e. The second kappa shape index (κ2) is 5.08. The van der Waals surface area contributed by atoms with E-state index in [-0.39, 0.29) is 11.1 Å². The van der Waals surface area contributed by atoms with Crippen molar-refractivity contribution in [3.05, 3.63) is 54.7 Å². The first-order valence-corrected chi connectivity index (χ1v) is 11.8. The lowest BCUT2D eigenvalue weighted by Crippen LogP contribution is -2.15. The van der Waals surface area contributed by atoms with E-state index in [1.54, 1.807) is 31.5 Å². The maximum Gasteiger partial charge on any atom is 0.281 e. The van der Waals surface area contributed by atoms with Crippen molar-refractivity contribution < 1.29 is 0 Å². The Morgan fingerprint density at radius 1 is 0.750 bits per heavy atom. The van der Waals surface area contributed by atoms with Crippen LogP contribution < -0.4 is 11.1 Å². The van der Waals surface area contributed by atoms with Gasteiger partial charge in [0.05, 0.1) is 21.9 Å². The van der Waals surface area contributed by atoms with Crippen molar-refractivity contribution in [2.75, 3.05) is 0 Å². The Morgan fingerprint density at radius 2 is 1.31 bits per heavy atom. The topological polar surface area (TPSA) is 73.7 Å². The van der Waals surface area contributed by atoms with E-state index in [1.165, 1.54) is 0 Å². The molecule has 32 heavy (non-hydrogen) atoms. The van der Waals surface area contributed by atoms with Gasteiger partial charge in [-0.2, -0.15) is 0 Å². The van der Waals surface area contributed by atoms with Gasteiger partial charge in [-0.3, -0.25) is 18.4 Å². The molecule has 0 saturated carbocycles.